The number of nitrogens with two attached hydrogens (primary N) is 1. The predicted octanol–water partition coefficient (Wildman–Crippen LogP) is 0.771. The van der Waals surface area contributed by atoms with E-state index in [1.165, 1.54) is 0 Å². The molecule has 7 heteroatoms. The second kappa shape index (κ2) is 7.51. The summed E-state index contributed by atoms with van der Waals surface area (Å²) >= 11 is 0. The zero-order valence-electron chi connectivity index (χ0n) is 14.4. The molecule has 2 aliphatic carbocycles. The van der Waals surface area contributed by atoms with Gasteiger partial charge in [-0.1, -0.05) is 19.3 Å². The molecule has 0 bridgehead atoms. The highest BCUT2D eigenvalue weighted by Gasteiger charge is 2.58. The molecule has 136 valence electrons. The first-order valence-corrected chi connectivity index (χ1v) is 8.84. The van der Waals surface area contributed by atoms with Crippen LogP contribution in [-0.4, -0.2) is 41.5 Å². The number of amides is 2. The van der Waals surface area contributed by atoms with E-state index in [1.807, 2.05) is 0 Å². The van der Waals surface area contributed by atoms with E-state index in [9.17, 15) is 9.59 Å². The number of carbonyl (C=O) groups excluding carboxylic acids is 2. The number of piperidine rings is 1. The fourth-order valence-corrected chi connectivity index (χ4v) is 4.11. The quantitative estimate of drug-likeness (QED) is 0.605. The molecule has 1 aliphatic heterocycles. The summed E-state index contributed by atoms with van der Waals surface area (Å²) in [5, 5.41) is 13.8. The summed E-state index contributed by atoms with van der Waals surface area (Å²) in [4.78, 5) is 33.3. The molecule has 7 nitrogen and oxygen atoms in total. The minimum Gasteiger partial charge on any atom is -0.481 e. The maximum absolute atomic E-state index is 12.5. The summed E-state index contributed by atoms with van der Waals surface area (Å²) in [5.74, 6) is -1.03. The lowest BCUT2D eigenvalue weighted by atomic mass is 9.80. The smallest absolute Gasteiger partial charge is 0.300 e. The number of rotatable bonds is 3. The lowest BCUT2D eigenvalue weighted by Gasteiger charge is -2.35. The number of nitrogens with one attached hydrogen (secondary N) is 2. The third kappa shape index (κ3) is 4.26. The Bertz CT molecular complexity index is 490. The van der Waals surface area contributed by atoms with Gasteiger partial charge in [0.05, 0.1) is 0 Å². The van der Waals surface area contributed by atoms with Crippen molar-refractivity contribution in [2.45, 2.75) is 63.8 Å². The fraction of sp³-hybridized carbons (Fsp3) is 0.824. The molecule has 1 saturated heterocycles. The van der Waals surface area contributed by atoms with Gasteiger partial charge in [0.15, 0.2) is 0 Å². The Morgan fingerprint density at radius 3 is 2.12 bits per heavy atom. The van der Waals surface area contributed by atoms with Crippen molar-refractivity contribution in [3.63, 3.8) is 0 Å². The number of aliphatic carboxylic acids is 1. The number of carboxylic acids is 1. The summed E-state index contributed by atoms with van der Waals surface area (Å²) in [6.07, 6.45) is 7.62. The minimum absolute atomic E-state index is 0.0626. The van der Waals surface area contributed by atoms with Crippen LogP contribution in [0.15, 0.2) is 0 Å². The monoisotopic (exact) mass is 339 g/mol. The van der Waals surface area contributed by atoms with Crippen molar-refractivity contribution < 1.29 is 19.5 Å². The lowest BCUT2D eigenvalue weighted by Crippen LogP contribution is -2.59. The Morgan fingerprint density at radius 1 is 1.08 bits per heavy atom. The van der Waals surface area contributed by atoms with Crippen LogP contribution in [0.4, 0.5) is 0 Å². The molecule has 0 radical (unpaired) electrons. The Labute approximate surface area is 142 Å². The van der Waals surface area contributed by atoms with Gasteiger partial charge >= 0.3 is 0 Å². The average Bonchev–Trinajstić information content (AvgIpc) is 3.21. The molecule has 0 aromatic carbocycles. The van der Waals surface area contributed by atoms with Crippen LogP contribution in [0.5, 0.6) is 0 Å². The highest BCUT2D eigenvalue weighted by molar-refractivity contribution is 5.92. The van der Waals surface area contributed by atoms with Gasteiger partial charge in [0.25, 0.3) is 5.97 Å². The van der Waals surface area contributed by atoms with Gasteiger partial charge in [0.2, 0.25) is 11.8 Å². The second-order valence-corrected chi connectivity index (χ2v) is 7.38. The van der Waals surface area contributed by atoms with Crippen molar-refractivity contribution in [2.24, 2.45) is 17.1 Å². The van der Waals surface area contributed by atoms with E-state index in [0.29, 0.717) is 12.8 Å². The highest BCUT2D eigenvalue weighted by atomic mass is 16.4. The van der Waals surface area contributed by atoms with Crippen LogP contribution in [-0.2, 0) is 14.4 Å². The zero-order valence-corrected chi connectivity index (χ0v) is 14.4. The van der Waals surface area contributed by atoms with Crippen molar-refractivity contribution in [2.75, 3.05) is 13.1 Å². The molecule has 3 rings (SSSR count). The normalized spacial score (nSPS) is 26.6. The summed E-state index contributed by atoms with van der Waals surface area (Å²) in [5.41, 5.74) is 5.02. The maximum Gasteiger partial charge on any atom is 0.300 e. The summed E-state index contributed by atoms with van der Waals surface area (Å²) < 4.78 is 0. The van der Waals surface area contributed by atoms with E-state index < -0.39 is 11.5 Å². The van der Waals surface area contributed by atoms with Crippen molar-refractivity contribution >= 4 is 17.8 Å². The van der Waals surface area contributed by atoms with Gasteiger partial charge in [-0.2, -0.15) is 0 Å². The third-order valence-electron chi connectivity index (χ3n) is 5.65. The molecular weight excluding hydrogens is 310 g/mol. The minimum atomic E-state index is -0.833. The molecule has 0 aromatic heterocycles. The summed E-state index contributed by atoms with van der Waals surface area (Å²) in [7, 11) is 0. The predicted molar refractivity (Wildman–Crippen MR) is 89.1 cm³/mol. The first-order chi connectivity index (χ1) is 11.3. The van der Waals surface area contributed by atoms with E-state index >= 15 is 0 Å². The lowest BCUT2D eigenvalue weighted by molar-refractivity contribution is -0.134. The SMILES string of the molecule is CC(=O)O.NC(=O)C1(NC(=O)C2CC23CCNCC3)CCCCC1. The molecule has 5 N–H and O–H groups in total. The van der Waals surface area contributed by atoms with Crippen LogP contribution in [0.2, 0.25) is 0 Å². The fourth-order valence-electron chi connectivity index (χ4n) is 4.11. The van der Waals surface area contributed by atoms with Gasteiger partial charge in [0, 0.05) is 12.8 Å². The molecule has 1 atom stereocenters. The largest absolute Gasteiger partial charge is 0.481 e. The molecule has 2 saturated carbocycles. The van der Waals surface area contributed by atoms with Crippen molar-refractivity contribution in [1.29, 1.82) is 0 Å². The Morgan fingerprint density at radius 2 is 1.62 bits per heavy atom. The molecular formula is C17H29N3O4. The van der Waals surface area contributed by atoms with Crippen LogP contribution in [0.3, 0.4) is 0 Å². The third-order valence-corrected chi connectivity index (χ3v) is 5.65. The van der Waals surface area contributed by atoms with Gasteiger partial charge < -0.3 is 21.5 Å². The average molecular weight is 339 g/mol. The molecule has 3 fully saturated rings. The van der Waals surface area contributed by atoms with Gasteiger partial charge in [-0.15, -0.1) is 0 Å². The van der Waals surface area contributed by atoms with Gasteiger partial charge in [-0.25, -0.2) is 0 Å². The molecule has 2 amide bonds. The topological polar surface area (TPSA) is 122 Å². The first-order valence-electron chi connectivity index (χ1n) is 8.84. The van der Waals surface area contributed by atoms with Gasteiger partial charge in [-0.3, -0.25) is 14.4 Å². The molecule has 0 aromatic rings. The number of primary amides is 1. The molecule has 1 heterocycles. The van der Waals surface area contributed by atoms with Crippen molar-refractivity contribution in [3.8, 4) is 0 Å². The van der Waals surface area contributed by atoms with Crippen molar-refractivity contribution in [1.82, 2.24) is 10.6 Å². The Kier molecular flexibility index (Phi) is 5.85. The van der Waals surface area contributed by atoms with E-state index in [-0.39, 0.29) is 23.1 Å². The summed E-state index contributed by atoms with van der Waals surface area (Å²) in [6, 6.07) is 0. The number of carbonyl (C=O) groups is 3. The zero-order chi connectivity index (χ0) is 17.8. The van der Waals surface area contributed by atoms with Gasteiger partial charge in [0.1, 0.15) is 5.54 Å². The molecule has 1 unspecified atom stereocenters. The van der Waals surface area contributed by atoms with E-state index in [0.717, 1.165) is 58.5 Å². The molecule has 24 heavy (non-hydrogen) atoms. The Balaban J connectivity index is 0.000000471. The van der Waals surface area contributed by atoms with Crippen LogP contribution in [0.1, 0.15) is 58.3 Å². The first kappa shape index (κ1) is 18.7. The van der Waals surface area contributed by atoms with Crippen LogP contribution >= 0.6 is 0 Å². The second-order valence-electron chi connectivity index (χ2n) is 7.38. The van der Waals surface area contributed by atoms with Gasteiger partial charge in [-0.05, 0) is 50.6 Å². The highest BCUT2D eigenvalue weighted by Crippen LogP contribution is 2.58. The van der Waals surface area contributed by atoms with E-state index in [4.69, 9.17) is 15.6 Å². The standard InChI is InChI=1S/C15H25N3O2.C2H4O2/c16-13(20)15(4-2-1-3-5-15)18-12(19)11-10-14(11)6-8-17-9-7-14;1-2(3)4/h11,17H,1-10H2,(H2,16,20)(H,18,19);1H3,(H,3,4). The van der Waals surface area contributed by atoms with Crippen LogP contribution in [0.25, 0.3) is 0 Å². The number of carboxylic acid groups (broad SMARTS) is 1. The van der Waals surface area contributed by atoms with E-state index in [2.05, 4.69) is 10.6 Å². The number of hydrogen-bond acceptors (Lipinski definition) is 4. The Hall–Kier alpha value is -1.63. The van der Waals surface area contributed by atoms with Crippen molar-refractivity contribution in [3.05, 3.63) is 0 Å². The summed E-state index contributed by atoms with van der Waals surface area (Å²) in [6.45, 7) is 3.09. The number of hydrogen-bond donors (Lipinski definition) is 4. The van der Waals surface area contributed by atoms with Crippen LogP contribution in [0, 0.1) is 11.3 Å². The molecule has 1 spiro atoms. The van der Waals surface area contributed by atoms with E-state index in [1.54, 1.807) is 0 Å². The molecule has 3 aliphatic rings. The maximum atomic E-state index is 12.5. The van der Waals surface area contributed by atoms with Crippen LogP contribution < -0.4 is 16.4 Å².